The molecule has 0 saturated carbocycles. The van der Waals surface area contributed by atoms with E-state index in [0.717, 1.165) is 32.1 Å². The summed E-state index contributed by atoms with van der Waals surface area (Å²) in [5, 5.41) is 7.06. The molecule has 2 N–H and O–H groups in total. The molecule has 9 heteroatoms. The van der Waals surface area contributed by atoms with Crippen LogP contribution in [0.25, 0.3) is 0 Å². The van der Waals surface area contributed by atoms with Crippen molar-refractivity contribution >= 4 is 41.9 Å². The highest BCUT2D eigenvalue weighted by atomic mass is 127. The van der Waals surface area contributed by atoms with Crippen molar-refractivity contribution < 1.29 is 14.3 Å². The van der Waals surface area contributed by atoms with Crippen LogP contribution in [0.5, 0.6) is 0 Å². The number of fused-ring (bicyclic) bond motifs is 1. The van der Waals surface area contributed by atoms with Gasteiger partial charge in [-0.2, -0.15) is 0 Å². The van der Waals surface area contributed by atoms with Gasteiger partial charge in [0.25, 0.3) is 0 Å². The highest BCUT2D eigenvalue weighted by Crippen LogP contribution is 2.21. The number of nitrogens with one attached hydrogen (secondary N) is 2. The fourth-order valence-corrected chi connectivity index (χ4v) is 4.05. The lowest BCUT2D eigenvalue weighted by atomic mass is 9.88. The Kier molecular flexibility index (Phi) is 10.5. The Morgan fingerprint density at radius 1 is 1.09 bits per heavy atom. The number of guanidine groups is 1. The van der Waals surface area contributed by atoms with Crippen LogP contribution >= 0.6 is 24.0 Å². The van der Waals surface area contributed by atoms with E-state index in [1.54, 1.807) is 23.9 Å². The van der Waals surface area contributed by atoms with E-state index in [0.29, 0.717) is 25.7 Å². The van der Waals surface area contributed by atoms with E-state index in [1.807, 2.05) is 6.92 Å². The minimum atomic E-state index is -0.245. The van der Waals surface area contributed by atoms with E-state index >= 15 is 0 Å². The third-order valence-corrected chi connectivity index (χ3v) is 5.92. The molecule has 1 aromatic rings. The number of likely N-dealkylation sites (tertiary alicyclic amines) is 1. The number of carbonyl (C=O) groups excluding carboxylic acids is 2. The molecule has 1 unspecified atom stereocenters. The van der Waals surface area contributed by atoms with Gasteiger partial charge in [-0.3, -0.25) is 4.79 Å². The predicted molar refractivity (Wildman–Crippen MR) is 137 cm³/mol. The maximum absolute atomic E-state index is 12.1. The molecule has 0 spiro atoms. The highest BCUT2D eigenvalue weighted by Gasteiger charge is 2.25. The Morgan fingerprint density at radius 2 is 1.75 bits per heavy atom. The molecule has 0 radical (unpaired) electrons. The monoisotopic (exact) mass is 557 g/mol. The van der Waals surface area contributed by atoms with Crippen LogP contribution in [0.1, 0.15) is 37.3 Å². The van der Waals surface area contributed by atoms with Gasteiger partial charge in [0.05, 0.1) is 6.61 Å². The number of rotatable bonds is 5. The molecule has 3 rings (SSSR count). The molecule has 2 amide bonds. The van der Waals surface area contributed by atoms with E-state index in [2.05, 4.69) is 39.9 Å². The summed E-state index contributed by atoms with van der Waals surface area (Å²) < 4.78 is 5.10. The lowest BCUT2D eigenvalue weighted by Crippen LogP contribution is -2.52. The molecular formula is C23H36IN5O3. The molecule has 1 atom stereocenters. The van der Waals surface area contributed by atoms with Gasteiger partial charge in [0.1, 0.15) is 6.54 Å². The number of benzene rings is 1. The number of nitrogens with zero attached hydrogens (tertiary/aromatic N) is 3. The zero-order valence-electron chi connectivity index (χ0n) is 19.3. The van der Waals surface area contributed by atoms with Crippen LogP contribution < -0.4 is 10.6 Å². The summed E-state index contributed by atoms with van der Waals surface area (Å²) in [7, 11) is 3.48. The van der Waals surface area contributed by atoms with E-state index < -0.39 is 0 Å². The number of aryl methyl sites for hydroxylation is 1. The Balaban J connectivity index is 0.00000363. The van der Waals surface area contributed by atoms with Gasteiger partial charge in [-0.15, -0.1) is 24.0 Å². The van der Waals surface area contributed by atoms with Crippen molar-refractivity contribution in [2.45, 2.75) is 51.1 Å². The first-order chi connectivity index (χ1) is 15.0. The van der Waals surface area contributed by atoms with Crippen LogP contribution in [0.4, 0.5) is 4.79 Å². The van der Waals surface area contributed by atoms with Gasteiger partial charge in [-0.05, 0) is 50.2 Å². The van der Waals surface area contributed by atoms with Crippen LogP contribution in [0.2, 0.25) is 0 Å². The Hall–Kier alpha value is -2.04. The fourth-order valence-electron chi connectivity index (χ4n) is 4.05. The summed E-state index contributed by atoms with van der Waals surface area (Å²) >= 11 is 0. The minimum Gasteiger partial charge on any atom is -0.450 e. The van der Waals surface area contributed by atoms with Crippen molar-refractivity contribution in [1.29, 1.82) is 0 Å². The van der Waals surface area contributed by atoms with Gasteiger partial charge in [-0.1, -0.05) is 24.3 Å². The smallest absolute Gasteiger partial charge is 0.409 e. The molecule has 1 heterocycles. The number of piperidine rings is 1. The average Bonchev–Trinajstić information content (AvgIpc) is 2.77. The van der Waals surface area contributed by atoms with Crippen LogP contribution in [-0.4, -0.2) is 80.2 Å². The summed E-state index contributed by atoms with van der Waals surface area (Å²) in [5.41, 5.74) is 2.79. The summed E-state index contributed by atoms with van der Waals surface area (Å²) in [6.45, 7) is 3.61. The van der Waals surface area contributed by atoms with Crippen molar-refractivity contribution in [1.82, 2.24) is 20.4 Å². The third-order valence-electron chi connectivity index (χ3n) is 5.92. The first kappa shape index (κ1) is 26.2. The highest BCUT2D eigenvalue weighted by molar-refractivity contribution is 14.0. The van der Waals surface area contributed by atoms with Gasteiger partial charge in [-0.25, -0.2) is 9.79 Å². The Labute approximate surface area is 208 Å². The molecule has 1 aromatic carbocycles. The topological polar surface area (TPSA) is 86.3 Å². The molecule has 1 aliphatic carbocycles. The number of hydrogen-bond donors (Lipinski definition) is 2. The van der Waals surface area contributed by atoms with E-state index in [-0.39, 0.29) is 54.6 Å². The van der Waals surface area contributed by atoms with Crippen molar-refractivity contribution in [3.05, 3.63) is 35.4 Å². The number of likely N-dealkylation sites (N-methyl/N-ethyl adjacent to an activating group) is 1. The quantitative estimate of drug-likeness (QED) is 0.330. The van der Waals surface area contributed by atoms with Gasteiger partial charge in [0.2, 0.25) is 5.91 Å². The van der Waals surface area contributed by atoms with Crippen molar-refractivity contribution in [2.75, 3.05) is 40.3 Å². The largest absolute Gasteiger partial charge is 0.450 e. The van der Waals surface area contributed by atoms with Gasteiger partial charge in [0, 0.05) is 39.3 Å². The van der Waals surface area contributed by atoms with Gasteiger partial charge in [0.15, 0.2) is 5.96 Å². The molecule has 1 aliphatic heterocycles. The molecule has 1 saturated heterocycles. The number of aliphatic imine (C=N–C) groups is 1. The molecular weight excluding hydrogens is 521 g/mol. The lowest BCUT2D eigenvalue weighted by Gasteiger charge is -2.33. The Morgan fingerprint density at radius 3 is 2.41 bits per heavy atom. The predicted octanol–water partition coefficient (Wildman–Crippen LogP) is 2.41. The lowest BCUT2D eigenvalue weighted by molar-refractivity contribution is -0.127. The SMILES string of the molecule is CCOC(=O)N1CCC(NC(=NCC(=O)N(C)C)NC2CCc3ccccc3C2)CC1.I. The van der Waals surface area contributed by atoms with Crippen molar-refractivity contribution in [3.8, 4) is 0 Å². The summed E-state index contributed by atoms with van der Waals surface area (Å²) in [6, 6.07) is 9.04. The molecule has 2 aliphatic rings. The van der Waals surface area contributed by atoms with Gasteiger partial charge < -0.3 is 25.2 Å². The molecule has 178 valence electrons. The van der Waals surface area contributed by atoms with Crippen molar-refractivity contribution in [2.24, 2.45) is 4.99 Å². The van der Waals surface area contributed by atoms with Crippen LogP contribution in [-0.2, 0) is 22.4 Å². The van der Waals surface area contributed by atoms with Crippen LogP contribution in [0.15, 0.2) is 29.3 Å². The summed E-state index contributed by atoms with van der Waals surface area (Å²) in [6.07, 6.45) is 4.39. The number of carbonyl (C=O) groups is 2. The molecule has 32 heavy (non-hydrogen) atoms. The number of ether oxygens (including phenoxy) is 1. The fraction of sp³-hybridized carbons (Fsp3) is 0.609. The summed E-state index contributed by atoms with van der Waals surface area (Å²) in [4.78, 5) is 31.9. The molecule has 1 fully saturated rings. The normalized spacial score (nSPS) is 18.8. The van der Waals surface area contributed by atoms with E-state index in [4.69, 9.17) is 4.74 Å². The maximum atomic E-state index is 12.1. The number of halogens is 1. The molecule has 0 bridgehead atoms. The van der Waals surface area contributed by atoms with Crippen LogP contribution in [0.3, 0.4) is 0 Å². The van der Waals surface area contributed by atoms with Crippen molar-refractivity contribution in [3.63, 3.8) is 0 Å². The second kappa shape index (κ2) is 12.9. The second-order valence-electron chi connectivity index (χ2n) is 8.41. The average molecular weight is 557 g/mol. The first-order valence-corrected chi connectivity index (χ1v) is 11.2. The molecule has 0 aromatic heterocycles. The van der Waals surface area contributed by atoms with Crippen LogP contribution in [0, 0.1) is 0 Å². The first-order valence-electron chi connectivity index (χ1n) is 11.2. The van der Waals surface area contributed by atoms with Gasteiger partial charge >= 0.3 is 6.09 Å². The second-order valence-corrected chi connectivity index (χ2v) is 8.41. The third kappa shape index (κ3) is 7.53. The summed E-state index contributed by atoms with van der Waals surface area (Å²) in [5.74, 6) is 0.640. The zero-order valence-corrected chi connectivity index (χ0v) is 21.6. The molecule has 8 nitrogen and oxygen atoms in total. The minimum absolute atomic E-state index is 0. The van der Waals surface area contributed by atoms with E-state index in [1.165, 1.54) is 11.1 Å². The standard InChI is InChI=1S/C23H35N5O3.HI/c1-4-31-23(30)28-13-11-19(12-14-28)25-22(24-16-21(29)27(2)3)26-20-10-9-17-7-5-6-8-18(17)15-20;/h5-8,19-20H,4,9-16H2,1-3H3,(H2,24,25,26);1H. The number of amides is 2. The maximum Gasteiger partial charge on any atom is 0.409 e. The zero-order chi connectivity index (χ0) is 22.2. The Bertz CT molecular complexity index is 794. The number of hydrogen-bond acceptors (Lipinski definition) is 4. The van der Waals surface area contributed by atoms with E-state index in [9.17, 15) is 9.59 Å².